The third-order valence-electron chi connectivity index (χ3n) is 2.43. The molecule has 0 aliphatic rings. The van der Waals surface area contributed by atoms with Crippen LogP contribution < -0.4 is 0 Å². The van der Waals surface area contributed by atoms with Gasteiger partial charge in [-0.3, -0.25) is 4.90 Å². The van der Waals surface area contributed by atoms with Gasteiger partial charge in [0.2, 0.25) is 0 Å². The molecule has 1 radical (unpaired) electrons. The van der Waals surface area contributed by atoms with Crippen LogP contribution in [0.5, 0.6) is 0 Å². The molecule has 0 saturated carbocycles. The van der Waals surface area contributed by atoms with Gasteiger partial charge in [0.15, 0.2) is 5.60 Å². The summed E-state index contributed by atoms with van der Waals surface area (Å²) in [6, 6.07) is -0.0577. The quantitative estimate of drug-likeness (QED) is 0.858. The van der Waals surface area contributed by atoms with Crippen molar-refractivity contribution in [2.75, 3.05) is 6.54 Å². The van der Waals surface area contributed by atoms with Crippen molar-refractivity contribution in [3.05, 3.63) is 0 Å². The van der Waals surface area contributed by atoms with Gasteiger partial charge in [-0.1, -0.05) is 0 Å². The summed E-state index contributed by atoms with van der Waals surface area (Å²) in [5.74, 6) is 0. The number of rotatable bonds is 4. The molecule has 0 rings (SSSR count). The molecule has 0 aromatic carbocycles. The van der Waals surface area contributed by atoms with Crippen molar-refractivity contribution in [1.29, 1.82) is 0 Å². The smallest absolute Gasteiger partial charge is 0.380 e. The van der Waals surface area contributed by atoms with Crippen LogP contribution in [0.2, 0.25) is 0 Å². The Hall–Kier alpha value is 0.216. The second-order valence-electron chi connectivity index (χ2n) is 4.63. The Morgan fingerprint density at radius 1 is 1.06 bits per heavy atom. The average molecular weight is 286 g/mol. The van der Waals surface area contributed by atoms with Gasteiger partial charge >= 0.3 is 6.18 Å². The zero-order valence-electron chi connectivity index (χ0n) is 10.2. The molecule has 0 aromatic rings. The molecule has 0 fully saturated rings. The van der Waals surface area contributed by atoms with Crippen LogP contribution in [0.4, 0.5) is 13.2 Å². The van der Waals surface area contributed by atoms with Crippen LogP contribution >= 0.6 is 0 Å². The monoisotopic (exact) mass is 286 g/mol. The summed E-state index contributed by atoms with van der Waals surface area (Å²) < 4.78 is 37.3. The van der Waals surface area contributed by atoms with E-state index in [4.69, 9.17) is 0 Å². The van der Waals surface area contributed by atoms with Crippen LogP contribution in [0.25, 0.3) is 0 Å². The molecule has 16 heavy (non-hydrogen) atoms. The molecular formula is C10H20CoF3NO. The molecule has 0 amide bonds. The molecule has 0 spiro atoms. The molecule has 0 aromatic heterocycles. The predicted octanol–water partition coefficient (Wildman–Crippen LogP) is 2.42. The van der Waals surface area contributed by atoms with Gasteiger partial charge in [-0.25, -0.2) is 0 Å². The van der Waals surface area contributed by atoms with E-state index in [1.54, 1.807) is 4.90 Å². The molecule has 0 saturated heterocycles. The normalized spacial score (nSPS) is 16.5. The van der Waals surface area contributed by atoms with Crippen molar-refractivity contribution in [3.63, 3.8) is 0 Å². The summed E-state index contributed by atoms with van der Waals surface area (Å²) in [7, 11) is 0. The van der Waals surface area contributed by atoms with Gasteiger partial charge in [-0.2, -0.15) is 13.2 Å². The first kappa shape index (κ1) is 18.6. The van der Waals surface area contributed by atoms with Crippen LogP contribution in [0.15, 0.2) is 0 Å². The van der Waals surface area contributed by atoms with Gasteiger partial charge in [0.25, 0.3) is 0 Å². The van der Waals surface area contributed by atoms with Gasteiger partial charge in [0, 0.05) is 35.4 Å². The summed E-state index contributed by atoms with van der Waals surface area (Å²) in [6.07, 6.45) is -4.59. The van der Waals surface area contributed by atoms with Gasteiger partial charge in [0.1, 0.15) is 0 Å². The second kappa shape index (κ2) is 6.23. The van der Waals surface area contributed by atoms with Gasteiger partial charge in [-0.15, -0.1) is 0 Å². The molecule has 0 aliphatic carbocycles. The van der Waals surface area contributed by atoms with E-state index in [0.29, 0.717) is 0 Å². The SMILES string of the molecule is CC(C)N(CC(C)(O)C(F)(F)F)C(C)C.[Co]. The first-order valence-corrected chi connectivity index (χ1v) is 5.04. The Balaban J connectivity index is 0. The van der Waals surface area contributed by atoms with E-state index in [0.717, 1.165) is 6.92 Å². The number of nitrogens with zero attached hydrogens (tertiary/aromatic N) is 1. The van der Waals surface area contributed by atoms with Crippen LogP contribution in [-0.4, -0.2) is 40.4 Å². The van der Waals surface area contributed by atoms with E-state index >= 15 is 0 Å². The summed E-state index contributed by atoms with van der Waals surface area (Å²) in [5.41, 5.74) is -2.65. The van der Waals surface area contributed by atoms with E-state index in [1.165, 1.54) is 0 Å². The zero-order chi connectivity index (χ0) is 12.4. The van der Waals surface area contributed by atoms with Crippen molar-refractivity contribution in [3.8, 4) is 0 Å². The Labute approximate surface area is 105 Å². The van der Waals surface area contributed by atoms with Crippen molar-refractivity contribution >= 4 is 0 Å². The molecule has 101 valence electrons. The number of aliphatic hydroxyl groups is 1. The first-order valence-electron chi connectivity index (χ1n) is 5.04. The molecule has 2 nitrogen and oxygen atoms in total. The fourth-order valence-electron chi connectivity index (χ4n) is 1.41. The van der Waals surface area contributed by atoms with Crippen LogP contribution in [0, 0.1) is 0 Å². The maximum atomic E-state index is 12.4. The Morgan fingerprint density at radius 3 is 1.56 bits per heavy atom. The predicted molar refractivity (Wildman–Crippen MR) is 53.7 cm³/mol. The molecule has 1 N–H and O–H groups in total. The summed E-state index contributed by atoms with van der Waals surface area (Å²) in [4.78, 5) is 1.62. The van der Waals surface area contributed by atoms with Crippen molar-refractivity contribution in [2.24, 2.45) is 0 Å². The molecule has 0 bridgehead atoms. The summed E-state index contributed by atoms with van der Waals surface area (Å²) >= 11 is 0. The number of hydrogen-bond acceptors (Lipinski definition) is 2. The Kier molecular flexibility index (Phi) is 7.23. The maximum absolute atomic E-state index is 12.4. The molecular weight excluding hydrogens is 266 g/mol. The third-order valence-corrected chi connectivity index (χ3v) is 2.43. The summed E-state index contributed by atoms with van der Waals surface area (Å²) in [5, 5.41) is 9.35. The first-order chi connectivity index (χ1) is 6.49. The topological polar surface area (TPSA) is 23.5 Å². The molecule has 0 aliphatic heterocycles. The maximum Gasteiger partial charge on any atom is 0.418 e. The van der Waals surface area contributed by atoms with Gasteiger partial charge < -0.3 is 5.11 Å². The van der Waals surface area contributed by atoms with Gasteiger partial charge in [-0.05, 0) is 34.6 Å². The second-order valence-corrected chi connectivity index (χ2v) is 4.63. The molecule has 1 unspecified atom stereocenters. The van der Waals surface area contributed by atoms with Crippen molar-refractivity contribution in [1.82, 2.24) is 4.90 Å². The third kappa shape index (κ3) is 5.03. The van der Waals surface area contributed by atoms with Crippen molar-refractivity contribution < 1.29 is 35.1 Å². The fraction of sp³-hybridized carbons (Fsp3) is 1.00. The minimum atomic E-state index is -4.59. The molecule has 0 heterocycles. The molecule has 6 heteroatoms. The number of halogens is 3. The minimum absolute atomic E-state index is 0. The standard InChI is InChI=1S/C10H20F3NO.Co/c1-7(2)14(8(3)4)6-9(5,15)10(11,12)13;/h7-8,15H,6H2,1-5H3;. The van der Waals surface area contributed by atoms with Gasteiger partial charge in [0.05, 0.1) is 0 Å². The average Bonchev–Trinajstić information content (AvgIpc) is 1.96. The van der Waals surface area contributed by atoms with Crippen LogP contribution in [-0.2, 0) is 16.8 Å². The Morgan fingerprint density at radius 2 is 1.38 bits per heavy atom. The van der Waals surface area contributed by atoms with E-state index in [1.807, 2.05) is 27.7 Å². The van der Waals surface area contributed by atoms with E-state index in [-0.39, 0.29) is 28.9 Å². The van der Waals surface area contributed by atoms with Crippen molar-refractivity contribution in [2.45, 2.75) is 58.5 Å². The van der Waals surface area contributed by atoms with Crippen LogP contribution in [0.3, 0.4) is 0 Å². The minimum Gasteiger partial charge on any atom is -0.380 e. The summed E-state index contributed by atoms with van der Waals surface area (Å²) in [6.45, 7) is 7.66. The largest absolute Gasteiger partial charge is 0.418 e. The van der Waals surface area contributed by atoms with E-state index in [2.05, 4.69) is 0 Å². The van der Waals surface area contributed by atoms with Crippen LogP contribution in [0.1, 0.15) is 34.6 Å². The number of alkyl halides is 3. The van der Waals surface area contributed by atoms with E-state index < -0.39 is 18.3 Å². The zero-order valence-corrected chi connectivity index (χ0v) is 11.3. The fourth-order valence-corrected chi connectivity index (χ4v) is 1.41. The Bertz CT molecular complexity index is 197. The number of hydrogen-bond donors (Lipinski definition) is 1. The molecule has 1 atom stereocenters. The van der Waals surface area contributed by atoms with E-state index in [9.17, 15) is 18.3 Å².